The summed E-state index contributed by atoms with van der Waals surface area (Å²) < 4.78 is 13.0. The van der Waals surface area contributed by atoms with E-state index in [9.17, 15) is 0 Å². The minimum atomic E-state index is -0.213. The van der Waals surface area contributed by atoms with Gasteiger partial charge in [-0.25, -0.2) is 4.68 Å². The van der Waals surface area contributed by atoms with Crippen LogP contribution in [0.25, 0.3) is 0 Å². The van der Waals surface area contributed by atoms with Crippen molar-refractivity contribution < 1.29 is 9.47 Å². The van der Waals surface area contributed by atoms with Crippen molar-refractivity contribution in [3.8, 4) is 5.75 Å². The Hall–Kier alpha value is -2.86. The van der Waals surface area contributed by atoms with Crippen molar-refractivity contribution in [1.29, 1.82) is 0 Å². The normalized spacial score (nSPS) is 16.8. The number of hydrogen-bond acceptors (Lipinski definition) is 5. The molecule has 1 atom stereocenters. The Morgan fingerprint density at radius 3 is 2.81 bits per heavy atom. The maximum atomic E-state index is 5.92. The van der Waals surface area contributed by atoms with Crippen LogP contribution in [0.15, 0.2) is 54.7 Å². The molecule has 0 aliphatic carbocycles. The lowest BCUT2D eigenvalue weighted by molar-refractivity contribution is 0.110. The van der Waals surface area contributed by atoms with Gasteiger partial charge in [-0.1, -0.05) is 35.0 Å². The SMILES string of the molecule is COc1ccc(N2CCO[C@H]2c2cn(Cc3cccc(C)c3)nn2)cc1. The van der Waals surface area contributed by atoms with Crippen LogP contribution in [0, 0.1) is 6.92 Å². The first kappa shape index (κ1) is 16.6. The molecule has 0 spiro atoms. The molecule has 0 saturated carbocycles. The minimum Gasteiger partial charge on any atom is -0.497 e. The Morgan fingerprint density at radius 2 is 2.04 bits per heavy atom. The number of hydrogen-bond donors (Lipinski definition) is 0. The number of anilines is 1. The summed E-state index contributed by atoms with van der Waals surface area (Å²) in [6.07, 6.45) is 1.75. The molecule has 1 saturated heterocycles. The van der Waals surface area contributed by atoms with Crippen molar-refractivity contribution in [2.75, 3.05) is 25.2 Å². The molecule has 26 heavy (non-hydrogen) atoms. The van der Waals surface area contributed by atoms with Gasteiger partial charge in [0.15, 0.2) is 6.23 Å². The summed E-state index contributed by atoms with van der Waals surface area (Å²) in [7, 11) is 1.67. The number of methoxy groups -OCH3 is 1. The monoisotopic (exact) mass is 350 g/mol. The number of rotatable bonds is 5. The first-order valence-electron chi connectivity index (χ1n) is 8.71. The molecular weight excluding hydrogens is 328 g/mol. The van der Waals surface area contributed by atoms with E-state index in [2.05, 4.69) is 46.4 Å². The molecule has 1 aliphatic heterocycles. The maximum Gasteiger partial charge on any atom is 0.177 e. The Morgan fingerprint density at radius 1 is 1.19 bits per heavy atom. The number of ether oxygens (including phenoxy) is 2. The lowest BCUT2D eigenvalue weighted by atomic mass is 10.1. The van der Waals surface area contributed by atoms with Crippen molar-refractivity contribution in [3.63, 3.8) is 0 Å². The van der Waals surface area contributed by atoms with E-state index in [1.807, 2.05) is 35.1 Å². The summed E-state index contributed by atoms with van der Waals surface area (Å²) in [5, 5.41) is 8.63. The molecule has 3 aromatic rings. The molecule has 0 N–H and O–H groups in total. The zero-order valence-electron chi connectivity index (χ0n) is 15.0. The van der Waals surface area contributed by atoms with Crippen molar-refractivity contribution in [3.05, 3.63) is 71.5 Å². The summed E-state index contributed by atoms with van der Waals surface area (Å²) in [5.41, 5.74) is 4.36. The fraction of sp³-hybridized carbons (Fsp3) is 0.300. The molecule has 2 heterocycles. The highest BCUT2D eigenvalue weighted by atomic mass is 16.5. The van der Waals surface area contributed by atoms with Gasteiger partial charge >= 0.3 is 0 Å². The Balaban J connectivity index is 1.52. The van der Waals surface area contributed by atoms with Crippen molar-refractivity contribution >= 4 is 5.69 Å². The lowest BCUT2D eigenvalue weighted by Gasteiger charge is -2.23. The van der Waals surface area contributed by atoms with E-state index < -0.39 is 0 Å². The standard InChI is InChI=1S/C20H22N4O2/c1-15-4-3-5-16(12-15)13-23-14-19(21-22-23)20-24(10-11-26-20)17-6-8-18(25-2)9-7-17/h3-9,12,14,20H,10-11,13H2,1-2H3/t20-/m0/s1. The number of benzene rings is 2. The first-order chi connectivity index (χ1) is 12.7. The van der Waals surface area contributed by atoms with E-state index in [1.165, 1.54) is 11.1 Å². The third-order valence-corrected chi connectivity index (χ3v) is 4.53. The van der Waals surface area contributed by atoms with E-state index >= 15 is 0 Å². The number of aromatic nitrogens is 3. The highest BCUT2D eigenvalue weighted by Crippen LogP contribution is 2.31. The third-order valence-electron chi connectivity index (χ3n) is 4.53. The van der Waals surface area contributed by atoms with E-state index in [0.717, 1.165) is 23.7 Å². The highest BCUT2D eigenvalue weighted by Gasteiger charge is 2.29. The van der Waals surface area contributed by atoms with Crippen LogP contribution >= 0.6 is 0 Å². The largest absolute Gasteiger partial charge is 0.497 e. The molecule has 2 aromatic carbocycles. The Kier molecular flexibility index (Phi) is 4.58. The van der Waals surface area contributed by atoms with Gasteiger partial charge in [0, 0.05) is 12.2 Å². The van der Waals surface area contributed by atoms with Gasteiger partial charge in [0.2, 0.25) is 0 Å². The fourth-order valence-corrected chi connectivity index (χ4v) is 3.25. The highest BCUT2D eigenvalue weighted by molar-refractivity contribution is 5.50. The summed E-state index contributed by atoms with van der Waals surface area (Å²) in [6, 6.07) is 16.4. The van der Waals surface area contributed by atoms with Crippen LogP contribution in [0.3, 0.4) is 0 Å². The average Bonchev–Trinajstić information content (AvgIpc) is 3.31. The third kappa shape index (κ3) is 3.41. The quantitative estimate of drug-likeness (QED) is 0.707. The van der Waals surface area contributed by atoms with Crippen LogP contribution < -0.4 is 9.64 Å². The van der Waals surface area contributed by atoms with Gasteiger partial charge in [0.05, 0.1) is 26.5 Å². The zero-order chi connectivity index (χ0) is 17.9. The van der Waals surface area contributed by atoms with Crippen LogP contribution in [-0.2, 0) is 11.3 Å². The average molecular weight is 350 g/mol. The van der Waals surface area contributed by atoms with Gasteiger partial charge in [-0.3, -0.25) is 0 Å². The first-order valence-corrected chi connectivity index (χ1v) is 8.71. The van der Waals surface area contributed by atoms with Crippen LogP contribution in [0.2, 0.25) is 0 Å². The molecule has 134 valence electrons. The van der Waals surface area contributed by atoms with Gasteiger partial charge in [0.25, 0.3) is 0 Å². The summed E-state index contributed by atoms with van der Waals surface area (Å²) in [4.78, 5) is 2.19. The second-order valence-electron chi connectivity index (χ2n) is 6.44. The minimum absolute atomic E-state index is 0.213. The van der Waals surface area contributed by atoms with Gasteiger partial charge in [-0.15, -0.1) is 5.10 Å². The summed E-state index contributed by atoms with van der Waals surface area (Å²) in [5.74, 6) is 0.842. The van der Waals surface area contributed by atoms with Crippen LogP contribution in [0.4, 0.5) is 5.69 Å². The van der Waals surface area contributed by atoms with Crippen molar-refractivity contribution in [2.45, 2.75) is 19.7 Å². The fourth-order valence-electron chi connectivity index (χ4n) is 3.25. The molecular formula is C20H22N4O2. The van der Waals surface area contributed by atoms with Crippen LogP contribution in [-0.4, -0.2) is 35.3 Å². The smallest absolute Gasteiger partial charge is 0.177 e. The summed E-state index contributed by atoms with van der Waals surface area (Å²) in [6.45, 7) is 4.28. The molecule has 6 heteroatoms. The molecule has 1 fully saturated rings. The van der Waals surface area contributed by atoms with E-state index in [-0.39, 0.29) is 6.23 Å². The topological polar surface area (TPSA) is 52.4 Å². The van der Waals surface area contributed by atoms with Crippen molar-refractivity contribution in [2.24, 2.45) is 0 Å². The second-order valence-corrected chi connectivity index (χ2v) is 6.44. The van der Waals surface area contributed by atoms with Crippen LogP contribution in [0.5, 0.6) is 5.75 Å². The van der Waals surface area contributed by atoms with Gasteiger partial charge in [-0.05, 0) is 36.8 Å². The molecule has 1 aromatic heterocycles. The van der Waals surface area contributed by atoms with E-state index in [1.54, 1.807) is 7.11 Å². The molecule has 0 unspecified atom stereocenters. The van der Waals surface area contributed by atoms with Crippen molar-refractivity contribution in [1.82, 2.24) is 15.0 Å². The number of aryl methyl sites for hydroxylation is 1. The summed E-state index contributed by atoms with van der Waals surface area (Å²) >= 11 is 0. The van der Waals surface area contributed by atoms with Gasteiger partial charge in [0.1, 0.15) is 11.4 Å². The lowest BCUT2D eigenvalue weighted by Crippen LogP contribution is -2.23. The maximum absolute atomic E-state index is 5.92. The Labute approximate surface area is 153 Å². The molecule has 4 rings (SSSR count). The predicted molar refractivity (Wildman–Crippen MR) is 99.3 cm³/mol. The van der Waals surface area contributed by atoms with Crippen LogP contribution in [0.1, 0.15) is 23.0 Å². The van der Waals surface area contributed by atoms with E-state index in [4.69, 9.17) is 9.47 Å². The number of nitrogens with zero attached hydrogens (tertiary/aromatic N) is 4. The molecule has 6 nitrogen and oxygen atoms in total. The van der Waals surface area contributed by atoms with E-state index in [0.29, 0.717) is 13.2 Å². The molecule has 0 amide bonds. The zero-order valence-corrected chi connectivity index (χ0v) is 15.0. The second kappa shape index (κ2) is 7.17. The molecule has 1 aliphatic rings. The molecule has 0 bridgehead atoms. The van der Waals surface area contributed by atoms with Gasteiger partial charge < -0.3 is 14.4 Å². The van der Waals surface area contributed by atoms with Gasteiger partial charge in [-0.2, -0.15) is 0 Å². The predicted octanol–water partition coefficient (Wildman–Crippen LogP) is 3.18. The Bertz CT molecular complexity index is 876. The molecule has 0 radical (unpaired) electrons.